The number of hydrogen-bond donors (Lipinski definition) is 0. The number of esters is 3. The van der Waals surface area contributed by atoms with E-state index in [0.29, 0.717) is 6.61 Å². The predicted molar refractivity (Wildman–Crippen MR) is 70.5 cm³/mol. The van der Waals surface area contributed by atoms with Gasteiger partial charge in [0.2, 0.25) is 12.4 Å². The molecule has 2 fully saturated rings. The lowest BCUT2D eigenvalue weighted by Gasteiger charge is -2.40. The minimum absolute atomic E-state index is 0.284. The van der Waals surface area contributed by atoms with E-state index in [4.69, 9.17) is 23.7 Å². The van der Waals surface area contributed by atoms with E-state index in [-0.39, 0.29) is 6.42 Å². The Labute approximate surface area is 128 Å². The lowest BCUT2D eigenvalue weighted by atomic mass is 9.93. The predicted octanol–water partition coefficient (Wildman–Crippen LogP) is 0.317. The Balaban J connectivity index is 2.21. The molecule has 5 atom stereocenters. The van der Waals surface area contributed by atoms with Gasteiger partial charge in [-0.25, -0.2) is 0 Å². The first-order chi connectivity index (χ1) is 10.2. The minimum Gasteiger partial charge on any atom is -0.458 e. The largest absolute Gasteiger partial charge is 0.458 e. The van der Waals surface area contributed by atoms with Gasteiger partial charge in [0.25, 0.3) is 0 Å². The van der Waals surface area contributed by atoms with Crippen molar-refractivity contribution in [3.63, 3.8) is 0 Å². The summed E-state index contributed by atoms with van der Waals surface area (Å²) in [7, 11) is 0. The second-order valence-electron chi connectivity index (χ2n) is 5.66. The van der Waals surface area contributed by atoms with Crippen molar-refractivity contribution in [3.05, 3.63) is 0 Å². The van der Waals surface area contributed by atoms with Crippen LogP contribution in [0.2, 0.25) is 0 Å². The summed E-state index contributed by atoms with van der Waals surface area (Å²) in [6.07, 6.45) is -3.08. The average molecular weight is 316 g/mol. The monoisotopic (exact) mass is 316 g/mol. The average Bonchev–Trinajstić information content (AvgIpc) is 3.10. The Morgan fingerprint density at radius 3 is 2.00 bits per heavy atom. The molecule has 0 spiro atoms. The van der Waals surface area contributed by atoms with Crippen LogP contribution in [0.5, 0.6) is 0 Å². The number of epoxide rings is 1. The molecule has 0 aromatic rings. The number of rotatable bonds is 4. The lowest BCUT2D eigenvalue weighted by molar-refractivity contribution is -0.273. The molecule has 2 aliphatic heterocycles. The van der Waals surface area contributed by atoms with Crippen LogP contribution in [0.25, 0.3) is 0 Å². The highest BCUT2D eigenvalue weighted by atomic mass is 16.7. The molecule has 2 unspecified atom stereocenters. The van der Waals surface area contributed by atoms with Crippen molar-refractivity contribution in [2.75, 3.05) is 6.61 Å². The fraction of sp³-hybridized carbons (Fsp3) is 0.786. The van der Waals surface area contributed by atoms with E-state index < -0.39 is 48.1 Å². The molecule has 0 radical (unpaired) electrons. The Morgan fingerprint density at radius 2 is 1.55 bits per heavy atom. The van der Waals surface area contributed by atoms with Gasteiger partial charge in [0.15, 0.2) is 0 Å². The van der Waals surface area contributed by atoms with E-state index in [2.05, 4.69) is 0 Å². The van der Waals surface area contributed by atoms with Gasteiger partial charge in [0.1, 0.15) is 11.7 Å². The number of ether oxygens (including phenoxy) is 5. The van der Waals surface area contributed by atoms with E-state index in [1.807, 2.05) is 6.92 Å². The van der Waals surface area contributed by atoms with Crippen LogP contribution >= 0.6 is 0 Å². The maximum Gasteiger partial charge on any atom is 0.305 e. The summed E-state index contributed by atoms with van der Waals surface area (Å²) in [5.74, 6) is -1.70. The lowest BCUT2D eigenvalue weighted by Crippen LogP contribution is -2.56. The number of hydrogen-bond acceptors (Lipinski definition) is 8. The van der Waals surface area contributed by atoms with Crippen molar-refractivity contribution in [3.8, 4) is 0 Å². The highest BCUT2D eigenvalue weighted by Gasteiger charge is 2.56. The van der Waals surface area contributed by atoms with Gasteiger partial charge < -0.3 is 23.7 Å². The first-order valence-corrected chi connectivity index (χ1v) is 7.02. The van der Waals surface area contributed by atoms with Gasteiger partial charge in [-0.05, 0) is 6.92 Å². The summed E-state index contributed by atoms with van der Waals surface area (Å²) in [6, 6.07) is 0. The van der Waals surface area contributed by atoms with Gasteiger partial charge in [-0.15, -0.1) is 0 Å². The second kappa shape index (κ2) is 6.21. The van der Waals surface area contributed by atoms with Crippen LogP contribution in [0.1, 0.15) is 34.1 Å². The van der Waals surface area contributed by atoms with Crippen molar-refractivity contribution in [2.45, 2.75) is 64.3 Å². The molecule has 2 rings (SSSR count). The van der Waals surface area contributed by atoms with E-state index in [1.165, 1.54) is 20.8 Å². The van der Waals surface area contributed by atoms with Crippen LogP contribution in [0.3, 0.4) is 0 Å². The van der Waals surface area contributed by atoms with Gasteiger partial charge in [0.05, 0.1) is 12.7 Å². The highest BCUT2D eigenvalue weighted by molar-refractivity contribution is 5.68. The van der Waals surface area contributed by atoms with E-state index in [9.17, 15) is 14.4 Å². The van der Waals surface area contributed by atoms with Gasteiger partial charge in [-0.1, -0.05) is 0 Å². The summed E-state index contributed by atoms with van der Waals surface area (Å²) in [5.41, 5.74) is -0.516. The topological polar surface area (TPSA) is 101 Å². The molecule has 2 aliphatic rings. The normalized spacial score (nSPS) is 37.1. The second-order valence-corrected chi connectivity index (χ2v) is 5.66. The Morgan fingerprint density at radius 1 is 1.00 bits per heavy atom. The van der Waals surface area contributed by atoms with Crippen molar-refractivity contribution >= 4 is 17.9 Å². The maximum atomic E-state index is 11.3. The first-order valence-electron chi connectivity index (χ1n) is 7.02. The fourth-order valence-corrected chi connectivity index (χ4v) is 2.42. The molecular weight excluding hydrogens is 296 g/mol. The summed E-state index contributed by atoms with van der Waals surface area (Å²) in [4.78, 5) is 33.8. The molecular formula is C14H20O8. The van der Waals surface area contributed by atoms with Crippen LogP contribution in [-0.4, -0.2) is 54.7 Å². The molecule has 0 bridgehead atoms. The summed E-state index contributed by atoms with van der Waals surface area (Å²) in [6.45, 7) is 6.03. The molecule has 0 aromatic heterocycles. The zero-order valence-electron chi connectivity index (χ0n) is 13.0. The Bertz CT molecular complexity index is 443. The van der Waals surface area contributed by atoms with E-state index in [0.717, 1.165) is 0 Å². The zero-order valence-corrected chi connectivity index (χ0v) is 13.0. The molecule has 0 saturated carbocycles. The van der Waals surface area contributed by atoms with Crippen LogP contribution in [0, 0.1) is 0 Å². The van der Waals surface area contributed by atoms with Crippen molar-refractivity contribution in [1.29, 1.82) is 0 Å². The molecule has 8 nitrogen and oxygen atoms in total. The third-order valence-electron chi connectivity index (χ3n) is 3.56. The Hall–Kier alpha value is -1.67. The zero-order chi connectivity index (χ0) is 16.5. The van der Waals surface area contributed by atoms with Crippen LogP contribution in [0.4, 0.5) is 0 Å². The van der Waals surface area contributed by atoms with Crippen LogP contribution in [0.15, 0.2) is 0 Å². The molecule has 2 saturated heterocycles. The maximum absolute atomic E-state index is 11.3. The highest BCUT2D eigenvalue weighted by Crippen LogP contribution is 2.40. The molecule has 22 heavy (non-hydrogen) atoms. The standard InChI is InChI=1S/C14H20O8/c1-7(15)19-10-5-11(14(4)6-18-14)22-13(21-9(3)17)12(10)20-8(2)16/h10-13H,5-6H2,1-4H3/t10-,11-,12+,13?,14?/m1/s1. The van der Waals surface area contributed by atoms with Crippen LogP contribution < -0.4 is 0 Å². The third kappa shape index (κ3) is 3.95. The molecule has 124 valence electrons. The summed E-state index contributed by atoms with van der Waals surface area (Å²) >= 11 is 0. The minimum atomic E-state index is -1.15. The van der Waals surface area contributed by atoms with Gasteiger partial charge in [0, 0.05) is 27.2 Å². The van der Waals surface area contributed by atoms with E-state index >= 15 is 0 Å². The quantitative estimate of drug-likeness (QED) is 0.415. The molecule has 8 heteroatoms. The third-order valence-corrected chi connectivity index (χ3v) is 3.56. The van der Waals surface area contributed by atoms with Crippen LogP contribution in [-0.2, 0) is 38.1 Å². The van der Waals surface area contributed by atoms with Crippen molar-refractivity contribution < 1.29 is 38.1 Å². The smallest absolute Gasteiger partial charge is 0.305 e. The first kappa shape index (κ1) is 16.7. The summed E-state index contributed by atoms with van der Waals surface area (Å²) in [5, 5.41) is 0. The number of carbonyl (C=O) groups is 3. The fourth-order valence-electron chi connectivity index (χ4n) is 2.42. The van der Waals surface area contributed by atoms with Gasteiger partial charge >= 0.3 is 17.9 Å². The SMILES string of the molecule is CC(=O)OC1O[C@@H](C2(C)CO2)C[C@@H](OC(C)=O)[C@@H]1OC(C)=O. The van der Waals surface area contributed by atoms with Crippen molar-refractivity contribution in [2.24, 2.45) is 0 Å². The molecule has 0 N–H and O–H groups in total. The molecule has 0 aliphatic carbocycles. The molecule has 2 heterocycles. The summed E-state index contributed by atoms with van der Waals surface area (Å²) < 4.78 is 26.5. The molecule has 0 aromatic carbocycles. The van der Waals surface area contributed by atoms with Gasteiger partial charge in [-0.3, -0.25) is 14.4 Å². The van der Waals surface area contributed by atoms with Gasteiger partial charge in [-0.2, -0.15) is 0 Å². The Kier molecular flexibility index (Phi) is 4.72. The number of carbonyl (C=O) groups excluding carboxylic acids is 3. The van der Waals surface area contributed by atoms with E-state index in [1.54, 1.807) is 0 Å². The molecule has 0 amide bonds. The van der Waals surface area contributed by atoms with Crippen molar-refractivity contribution in [1.82, 2.24) is 0 Å².